The Bertz CT molecular complexity index is 985. The van der Waals surface area contributed by atoms with E-state index in [1.54, 1.807) is 24.3 Å². The van der Waals surface area contributed by atoms with Crippen LogP contribution in [0.15, 0.2) is 53.4 Å². The first-order valence-electron chi connectivity index (χ1n) is 9.15. The predicted octanol–water partition coefficient (Wildman–Crippen LogP) is 3.31. The Labute approximate surface area is 174 Å². The second kappa shape index (κ2) is 8.94. The first-order valence-corrected chi connectivity index (χ1v) is 11.0. The average Bonchev–Trinajstić information content (AvgIpc) is 3.25. The van der Waals surface area contributed by atoms with Gasteiger partial charge in [-0.3, -0.25) is 4.79 Å². The smallest absolute Gasteiger partial charge is 0.338 e. The standard InChI is InChI=1S/C20H21ClN2O5S/c1-14(19(24)22-17-8-6-16(21)7-9-17)28-20(25)15-4-10-18(11-5-15)29(26,27)23-12-2-3-13-23/h4-11,14H,2-3,12-13H2,1H3,(H,22,24)/t14-/m1/s1. The maximum atomic E-state index is 12.5. The van der Waals surface area contributed by atoms with Gasteiger partial charge in [-0.25, -0.2) is 13.2 Å². The lowest BCUT2D eigenvalue weighted by atomic mass is 10.2. The summed E-state index contributed by atoms with van der Waals surface area (Å²) < 4.78 is 31.7. The van der Waals surface area contributed by atoms with Gasteiger partial charge in [-0.15, -0.1) is 0 Å². The van der Waals surface area contributed by atoms with Crippen LogP contribution in [0.4, 0.5) is 5.69 Å². The largest absolute Gasteiger partial charge is 0.449 e. The fourth-order valence-corrected chi connectivity index (χ4v) is 4.54. The fraction of sp³-hybridized carbons (Fsp3) is 0.300. The summed E-state index contributed by atoms with van der Waals surface area (Å²) in [6.45, 7) is 2.47. The fourth-order valence-electron chi connectivity index (χ4n) is 2.90. The summed E-state index contributed by atoms with van der Waals surface area (Å²) in [5.74, 6) is -1.21. The Kier molecular flexibility index (Phi) is 6.56. The van der Waals surface area contributed by atoms with Gasteiger partial charge in [-0.05, 0) is 68.3 Å². The van der Waals surface area contributed by atoms with Crippen molar-refractivity contribution in [2.45, 2.75) is 30.8 Å². The molecule has 0 unspecified atom stereocenters. The van der Waals surface area contributed by atoms with Crippen LogP contribution in [-0.4, -0.2) is 43.8 Å². The third-order valence-corrected chi connectivity index (χ3v) is 6.72. The number of amides is 1. The number of ether oxygens (including phenoxy) is 1. The number of nitrogens with one attached hydrogen (secondary N) is 1. The number of benzene rings is 2. The molecular weight excluding hydrogens is 416 g/mol. The van der Waals surface area contributed by atoms with Gasteiger partial charge < -0.3 is 10.1 Å². The zero-order valence-corrected chi connectivity index (χ0v) is 17.4. The summed E-state index contributed by atoms with van der Waals surface area (Å²) in [7, 11) is -3.55. The Balaban J connectivity index is 1.61. The van der Waals surface area contributed by atoms with Gasteiger partial charge in [0.05, 0.1) is 10.5 Å². The molecule has 7 nitrogen and oxygen atoms in total. The summed E-state index contributed by atoms with van der Waals surface area (Å²) in [6, 6.07) is 12.1. The summed E-state index contributed by atoms with van der Waals surface area (Å²) in [5, 5.41) is 3.17. The number of rotatable bonds is 6. The van der Waals surface area contributed by atoms with E-state index in [-0.39, 0.29) is 10.5 Å². The number of sulfonamides is 1. The summed E-state index contributed by atoms with van der Waals surface area (Å²) in [5.41, 5.74) is 0.690. The van der Waals surface area contributed by atoms with Crippen LogP contribution in [0.3, 0.4) is 0 Å². The lowest BCUT2D eigenvalue weighted by molar-refractivity contribution is -0.123. The molecule has 0 bridgehead atoms. The first-order chi connectivity index (χ1) is 13.8. The molecule has 29 heavy (non-hydrogen) atoms. The number of hydrogen-bond donors (Lipinski definition) is 1. The van der Waals surface area contributed by atoms with Gasteiger partial charge in [-0.2, -0.15) is 4.31 Å². The second-order valence-corrected chi connectivity index (χ2v) is 9.05. The highest BCUT2D eigenvalue weighted by molar-refractivity contribution is 7.89. The molecule has 1 aliphatic rings. The SMILES string of the molecule is C[C@@H](OC(=O)c1ccc(S(=O)(=O)N2CCCC2)cc1)C(=O)Nc1ccc(Cl)cc1. The van der Waals surface area contributed by atoms with Crippen LogP contribution >= 0.6 is 11.6 Å². The lowest BCUT2D eigenvalue weighted by Gasteiger charge is -2.16. The van der Waals surface area contributed by atoms with E-state index in [9.17, 15) is 18.0 Å². The van der Waals surface area contributed by atoms with Crippen LogP contribution in [0.5, 0.6) is 0 Å². The van der Waals surface area contributed by atoms with Crippen LogP contribution in [-0.2, 0) is 19.6 Å². The highest BCUT2D eigenvalue weighted by Gasteiger charge is 2.27. The molecule has 1 amide bonds. The van der Waals surface area contributed by atoms with E-state index in [1.165, 1.54) is 35.5 Å². The second-order valence-electron chi connectivity index (χ2n) is 6.68. The summed E-state index contributed by atoms with van der Waals surface area (Å²) in [6.07, 6.45) is 0.658. The van der Waals surface area contributed by atoms with E-state index < -0.39 is 28.0 Å². The molecule has 0 aliphatic carbocycles. The molecule has 1 aliphatic heterocycles. The van der Waals surface area contributed by atoms with Gasteiger partial charge in [0.25, 0.3) is 5.91 Å². The molecular formula is C20H21ClN2O5S. The van der Waals surface area contributed by atoms with Gasteiger partial charge in [-0.1, -0.05) is 11.6 Å². The minimum Gasteiger partial charge on any atom is -0.449 e. The van der Waals surface area contributed by atoms with Crippen molar-refractivity contribution in [1.82, 2.24) is 4.31 Å². The van der Waals surface area contributed by atoms with Crippen LogP contribution in [0, 0.1) is 0 Å². The zero-order chi connectivity index (χ0) is 21.0. The van der Waals surface area contributed by atoms with Crippen LogP contribution < -0.4 is 5.32 Å². The van der Waals surface area contributed by atoms with Gasteiger partial charge >= 0.3 is 5.97 Å². The molecule has 9 heteroatoms. The van der Waals surface area contributed by atoms with Crippen molar-refractivity contribution in [1.29, 1.82) is 0 Å². The van der Waals surface area contributed by atoms with Crippen LogP contribution in [0.1, 0.15) is 30.1 Å². The number of anilines is 1. The van der Waals surface area contributed by atoms with Crippen LogP contribution in [0.2, 0.25) is 5.02 Å². The molecule has 0 saturated carbocycles. The monoisotopic (exact) mass is 436 g/mol. The number of carbonyl (C=O) groups excluding carboxylic acids is 2. The molecule has 154 valence electrons. The molecule has 1 heterocycles. The molecule has 1 atom stereocenters. The van der Waals surface area contributed by atoms with Gasteiger partial charge in [0.1, 0.15) is 0 Å². The number of esters is 1. The van der Waals surface area contributed by atoms with E-state index in [0.717, 1.165) is 12.8 Å². The molecule has 0 radical (unpaired) electrons. The molecule has 0 spiro atoms. The van der Waals surface area contributed by atoms with Crippen molar-refractivity contribution < 1.29 is 22.7 Å². The van der Waals surface area contributed by atoms with Gasteiger partial charge in [0.2, 0.25) is 10.0 Å². The minimum atomic E-state index is -3.55. The molecule has 2 aromatic carbocycles. The maximum absolute atomic E-state index is 12.5. The molecule has 1 N–H and O–H groups in total. The highest BCUT2D eigenvalue weighted by Crippen LogP contribution is 2.21. The van der Waals surface area contributed by atoms with Gasteiger partial charge in [0.15, 0.2) is 6.10 Å². The quantitative estimate of drug-likeness (QED) is 0.701. The maximum Gasteiger partial charge on any atom is 0.338 e. The Morgan fingerprint density at radius 3 is 2.21 bits per heavy atom. The third kappa shape index (κ3) is 5.14. The Hall–Kier alpha value is -2.42. The number of carbonyl (C=O) groups is 2. The number of hydrogen-bond acceptors (Lipinski definition) is 5. The van der Waals surface area contributed by atoms with E-state index in [1.807, 2.05) is 0 Å². The van der Waals surface area contributed by atoms with Crippen molar-refractivity contribution in [2.24, 2.45) is 0 Å². The summed E-state index contributed by atoms with van der Waals surface area (Å²) in [4.78, 5) is 24.6. The van der Waals surface area contributed by atoms with Crippen molar-refractivity contribution in [3.05, 3.63) is 59.1 Å². The molecule has 1 fully saturated rings. The molecule has 0 aromatic heterocycles. The molecule has 2 aromatic rings. The van der Waals surface area contributed by atoms with E-state index >= 15 is 0 Å². The molecule has 1 saturated heterocycles. The first kappa shape index (κ1) is 21.3. The zero-order valence-electron chi connectivity index (χ0n) is 15.8. The van der Waals surface area contributed by atoms with Crippen LogP contribution in [0.25, 0.3) is 0 Å². The highest BCUT2D eigenvalue weighted by atomic mass is 35.5. The average molecular weight is 437 g/mol. The topological polar surface area (TPSA) is 92.8 Å². The Morgan fingerprint density at radius 2 is 1.62 bits per heavy atom. The van der Waals surface area contributed by atoms with E-state index in [0.29, 0.717) is 23.8 Å². The predicted molar refractivity (Wildman–Crippen MR) is 109 cm³/mol. The third-order valence-electron chi connectivity index (χ3n) is 4.56. The minimum absolute atomic E-state index is 0.129. The Morgan fingerprint density at radius 1 is 1.03 bits per heavy atom. The van der Waals surface area contributed by atoms with E-state index in [2.05, 4.69) is 5.32 Å². The van der Waals surface area contributed by atoms with Gasteiger partial charge in [0, 0.05) is 23.8 Å². The summed E-state index contributed by atoms with van der Waals surface area (Å²) >= 11 is 5.80. The van der Waals surface area contributed by atoms with Crippen molar-refractivity contribution in [3.8, 4) is 0 Å². The normalized spacial score (nSPS) is 15.7. The lowest BCUT2D eigenvalue weighted by Crippen LogP contribution is -2.30. The van der Waals surface area contributed by atoms with Crippen molar-refractivity contribution >= 4 is 39.2 Å². The number of halogens is 1. The van der Waals surface area contributed by atoms with Crippen molar-refractivity contribution in [2.75, 3.05) is 18.4 Å². The number of nitrogens with zero attached hydrogens (tertiary/aromatic N) is 1. The molecule has 3 rings (SSSR count). The van der Waals surface area contributed by atoms with E-state index in [4.69, 9.17) is 16.3 Å². The van der Waals surface area contributed by atoms with Crippen molar-refractivity contribution in [3.63, 3.8) is 0 Å².